The van der Waals surface area contributed by atoms with E-state index in [1.54, 1.807) is 0 Å². The predicted molar refractivity (Wildman–Crippen MR) is 64.7 cm³/mol. The summed E-state index contributed by atoms with van der Waals surface area (Å²) in [4.78, 5) is 0. The molecular weight excluding hydrogens is 230 g/mol. The molecule has 0 spiro atoms. The van der Waals surface area contributed by atoms with Crippen LogP contribution in [0.3, 0.4) is 0 Å². The standard InChI is InChI=1S/C11H14ClNOS/c1-8-6-13-11(7-15(8)14)9-4-2-3-5-10(9)12/h2-5,8,11,13H,6-7H2,1H3. The summed E-state index contributed by atoms with van der Waals surface area (Å²) in [5, 5.41) is 4.37. The van der Waals surface area contributed by atoms with Crippen molar-refractivity contribution in [1.82, 2.24) is 5.32 Å². The van der Waals surface area contributed by atoms with Gasteiger partial charge >= 0.3 is 0 Å². The van der Waals surface area contributed by atoms with Crippen LogP contribution in [0, 0.1) is 0 Å². The van der Waals surface area contributed by atoms with Crippen LogP contribution in [-0.4, -0.2) is 21.8 Å². The molecule has 0 radical (unpaired) electrons. The Kier molecular flexibility index (Phi) is 3.44. The van der Waals surface area contributed by atoms with Gasteiger partial charge in [0, 0.05) is 39.4 Å². The van der Waals surface area contributed by atoms with Crippen molar-refractivity contribution in [1.29, 1.82) is 0 Å². The van der Waals surface area contributed by atoms with E-state index in [9.17, 15) is 4.21 Å². The van der Waals surface area contributed by atoms with E-state index < -0.39 is 10.8 Å². The Morgan fingerprint density at radius 1 is 1.47 bits per heavy atom. The van der Waals surface area contributed by atoms with Gasteiger partial charge in [0.05, 0.1) is 0 Å². The van der Waals surface area contributed by atoms with Gasteiger partial charge in [-0.25, -0.2) is 0 Å². The van der Waals surface area contributed by atoms with E-state index in [1.807, 2.05) is 31.2 Å². The first-order chi connectivity index (χ1) is 7.18. The number of nitrogens with one attached hydrogen (secondary N) is 1. The Hall–Kier alpha value is -0.380. The quantitative estimate of drug-likeness (QED) is 0.819. The molecule has 1 aliphatic rings. The van der Waals surface area contributed by atoms with Crippen LogP contribution in [0.5, 0.6) is 0 Å². The molecule has 1 fully saturated rings. The van der Waals surface area contributed by atoms with Crippen LogP contribution in [0.2, 0.25) is 5.02 Å². The minimum absolute atomic E-state index is 0.135. The van der Waals surface area contributed by atoms with E-state index in [4.69, 9.17) is 11.6 Å². The molecule has 1 aromatic rings. The molecule has 1 saturated heterocycles. The molecule has 3 atom stereocenters. The molecule has 3 unspecified atom stereocenters. The van der Waals surface area contributed by atoms with Gasteiger partial charge in [0.25, 0.3) is 0 Å². The molecule has 0 bridgehead atoms. The molecule has 15 heavy (non-hydrogen) atoms. The van der Waals surface area contributed by atoms with Crippen molar-refractivity contribution >= 4 is 22.4 Å². The molecule has 2 rings (SSSR count). The molecule has 0 amide bonds. The van der Waals surface area contributed by atoms with Crippen molar-refractivity contribution in [3.63, 3.8) is 0 Å². The van der Waals surface area contributed by atoms with Gasteiger partial charge in [-0.3, -0.25) is 4.21 Å². The number of rotatable bonds is 1. The van der Waals surface area contributed by atoms with Gasteiger partial charge in [0.2, 0.25) is 0 Å². The molecule has 1 aliphatic heterocycles. The van der Waals surface area contributed by atoms with Gasteiger partial charge in [-0.2, -0.15) is 0 Å². The zero-order chi connectivity index (χ0) is 10.8. The normalized spacial score (nSPS) is 31.5. The SMILES string of the molecule is CC1CNC(c2ccccc2Cl)CS1=O. The highest BCUT2D eigenvalue weighted by Gasteiger charge is 2.25. The molecule has 0 aliphatic carbocycles. The van der Waals surface area contributed by atoms with Crippen LogP contribution in [0.25, 0.3) is 0 Å². The maximum Gasteiger partial charge on any atom is 0.0454 e. The van der Waals surface area contributed by atoms with Crippen molar-refractivity contribution in [2.24, 2.45) is 0 Å². The van der Waals surface area contributed by atoms with Crippen molar-refractivity contribution in [2.75, 3.05) is 12.3 Å². The highest BCUT2D eigenvalue weighted by Crippen LogP contribution is 2.25. The topological polar surface area (TPSA) is 29.1 Å². The van der Waals surface area contributed by atoms with Gasteiger partial charge in [0.1, 0.15) is 0 Å². The molecule has 4 heteroatoms. The maximum absolute atomic E-state index is 11.7. The summed E-state index contributed by atoms with van der Waals surface area (Å²) in [5.74, 6) is 0.658. The predicted octanol–water partition coefficient (Wildman–Crippen LogP) is 2.12. The third kappa shape index (κ3) is 2.41. The molecule has 1 aromatic carbocycles. The molecule has 82 valence electrons. The second-order valence-electron chi connectivity index (χ2n) is 3.84. The Labute approximate surface area is 97.5 Å². The largest absolute Gasteiger partial charge is 0.308 e. The van der Waals surface area contributed by atoms with Crippen LogP contribution in [0.15, 0.2) is 24.3 Å². The van der Waals surface area contributed by atoms with Gasteiger partial charge < -0.3 is 5.32 Å². The first-order valence-electron chi connectivity index (χ1n) is 5.03. The lowest BCUT2D eigenvalue weighted by Gasteiger charge is -2.28. The minimum atomic E-state index is -0.745. The summed E-state index contributed by atoms with van der Waals surface area (Å²) >= 11 is 6.10. The zero-order valence-electron chi connectivity index (χ0n) is 8.57. The Balaban J connectivity index is 2.19. The zero-order valence-corrected chi connectivity index (χ0v) is 10.1. The summed E-state index contributed by atoms with van der Waals surface area (Å²) < 4.78 is 11.7. The molecular formula is C11H14ClNOS. The first-order valence-corrected chi connectivity index (χ1v) is 6.79. The van der Waals surface area contributed by atoms with Crippen LogP contribution >= 0.6 is 11.6 Å². The summed E-state index contributed by atoms with van der Waals surface area (Å²) in [6, 6.07) is 7.88. The Bertz CT molecular complexity index is 383. The van der Waals surface area contributed by atoms with Crippen molar-refractivity contribution < 1.29 is 4.21 Å². The smallest absolute Gasteiger partial charge is 0.0454 e. The highest BCUT2D eigenvalue weighted by atomic mass is 35.5. The average Bonchev–Trinajstić information content (AvgIpc) is 2.23. The fourth-order valence-electron chi connectivity index (χ4n) is 1.75. The van der Waals surface area contributed by atoms with Gasteiger partial charge in [-0.05, 0) is 18.6 Å². The fourth-order valence-corrected chi connectivity index (χ4v) is 3.25. The fraction of sp³-hybridized carbons (Fsp3) is 0.455. The van der Waals surface area contributed by atoms with Crippen molar-refractivity contribution in [3.8, 4) is 0 Å². The monoisotopic (exact) mass is 243 g/mol. The average molecular weight is 244 g/mol. The summed E-state index contributed by atoms with van der Waals surface area (Å²) in [6.07, 6.45) is 0. The third-order valence-electron chi connectivity index (χ3n) is 2.71. The second-order valence-corrected chi connectivity index (χ2v) is 6.15. The summed E-state index contributed by atoms with van der Waals surface area (Å²) in [7, 11) is -0.745. The lowest BCUT2D eigenvalue weighted by Crippen LogP contribution is -2.41. The summed E-state index contributed by atoms with van der Waals surface area (Å²) in [6.45, 7) is 2.80. The van der Waals surface area contributed by atoms with Crippen LogP contribution in [0.1, 0.15) is 18.5 Å². The van der Waals surface area contributed by atoms with E-state index in [1.165, 1.54) is 0 Å². The molecule has 0 aromatic heterocycles. The lowest BCUT2D eigenvalue weighted by molar-refractivity contribution is 0.540. The van der Waals surface area contributed by atoms with Gasteiger partial charge in [0.15, 0.2) is 0 Å². The van der Waals surface area contributed by atoms with Crippen LogP contribution in [0.4, 0.5) is 0 Å². The molecule has 1 heterocycles. The van der Waals surface area contributed by atoms with E-state index in [2.05, 4.69) is 5.32 Å². The van der Waals surface area contributed by atoms with E-state index >= 15 is 0 Å². The molecule has 2 nitrogen and oxygen atoms in total. The van der Waals surface area contributed by atoms with Gasteiger partial charge in [-0.15, -0.1) is 0 Å². The van der Waals surface area contributed by atoms with Crippen LogP contribution < -0.4 is 5.32 Å². The van der Waals surface area contributed by atoms with Gasteiger partial charge in [-0.1, -0.05) is 29.8 Å². The number of benzene rings is 1. The second kappa shape index (κ2) is 4.64. The number of hydrogen-bond acceptors (Lipinski definition) is 2. The molecule has 1 N–H and O–H groups in total. The van der Waals surface area contributed by atoms with E-state index in [0.717, 1.165) is 17.1 Å². The lowest BCUT2D eigenvalue weighted by atomic mass is 10.1. The number of hydrogen-bond donors (Lipinski definition) is 1. The van der Waals surface area contributed by atoms with E-state index in [0.29, 0.717) is 5.75 Å². The third-order valence-corrected chi connectivity index (χ3v) is 4.78. The van der Waals surface area contributed by atoms with Crippen LogP contribution in [-0.2, 0) is 10.8 Å². The molecule has 0 saturated carbocycles. The maximum atomic E-state index is 11.7. The van der Waals surface area contributed by atoms with Crippen molar-refractivity contribution in [3.05, 3.63) is 34.9 Å². The highest BCUT2D eigenvalue weighted by molar-refractivity contribution is 7.85. The van der Waals surface area contributed by atoms with E-state index in [-0.39, 0.29) is 11.3 Å². The number of halogens is 1. The van der Waals surface area contributed by atoms with Crippen molar-refractivity contribution in [2.45, 2.75) is 18.2 Å². The summed E-state index contributed by atoms with van der Waals surface area (Å²) in [5.41, 5.74) is 1.06. The first kappa shape index (κ1) is 11.1. The Morgan fingerprint density at radius 3 is 2.87 bits per heavy atom. The minimum Gasteiger partial charge on any atom is -0.308 e. The Morgan fingerprint density at radius 2 is 2.20 bits per heavy atom.